The van der Waals surface area contributed by atoms with Gasteiger partial charge in [-0.15, -0.1) is 0 Å². The summed E-state index contributed by atoms with van der Waals surface area (Å²) >= 11 is 5.14. The van der Waals surface area contributed by atoms with E-state index in [9.17, 15) is 13.2 Å². The van der Waals surface area contributed by atoms with Crippen molar-refractivity contribution in [3.05, 3.63) is 54.1 Å². The Hall–Kier alpha value is -2.48. The lowest BCUT2D eigenvalue weighted by Crippen LogP contribution is -2.39. The molecule has 2 aromatic carbocycles. The van der Waals surface area contributed by atoms with Crippen LogP contribution in [0.1, 0.15) is 12.5 Å². The highest BCUT2D eigenvalue weighted by atomic mass is 32.1. The smallest absolute Gasteiger partial charge is 0.416 e. The maximum absolute atomic E-state index is 12.7. The molecule has 140 valence electrons. The zero-order valence-corrected chi connectivity index (χ0v) is 15.1. The molecule has 0 aliphatic carbocycles. The Morgan fingerprint density at radius 3 is 2.38 bits per heavy atom. The number of rotatable bonds is 6. The minimum Gasteiger partial charge on any atom is -0.497 e. The molecule has 0 amide bonds. The number of hydrogen-bond donors (Lipinski definition) is 2. The Labute approximate surface area is 155 Å². The molecule has 2 aromatic rings. The molecule has 0 saturated heterocycles. The SMILES string of the molecule is COc1ccc(OC[C@@H](C)NC(=S)Nc2cccc(C(F)(F)F)c2)cc1. The molecule has 0 radical (unpaired) electrons. The standard InChI is InChI=1S/C18H19F3N2O2S/c1-12(11-25-16-8-6-15(24-2)7-9-16)22-17(26)23-14-5-3-4-13(10-14)18(19,20)21/h3-10,12H,11H2,1-2H3,(H2,22,23,26)/t12-/m1/s1. The fourth-order valence-corrected chi connectivity index (χ4v) is 2.42. The van der Waals surface area contributed by atoms with Gasteiger partial charge in [0.25, 0.3) is 0 Å². The van der Waals surface area contributed by atoms with Crippen LogP contribution in [0.2, 0.25) is 0 Å². The summed E-state index contributed by atoms with van der Waals surface area (Å²) in [7, 11) is 1.58. The predicted molar refractivity (Wildman–Crippen MR) is 98.8 cm³/mol. The van der Waals surface area contributed by atoms with Crippen LogP contribution in [-0.4, -0.2) is 24.9 Å². The Bertz CT molecular complexity index is 736. The third-order valence-corrected chi connectivity index (χ3v) is 3.60. The summed E-state index contributed by atoms with van der Waals surface area (Å²) in [6.07, 6.45) is -4.40. The van der Waals surface area contributed by atoms with Crippen LogP contribution in [0.5, 0.6) is 11.5 Å². The second-order valence-electron chi connectivity index (χ2n) is 5.56. The van der Waals surface area contributed by atoms with E-state index in [1.807, 2.05) is 6.92 Å². The van der Waals surface area contributed by atoms with E-state index in [2.05, 4.69) is 10.6 Å². The topological polar surface area (TPSA) is 42.5 Å². The molecule has 0 bridgehead atoms. The highest BCUT2D eigenvalue weighted by Gasteiger charge is 2.30. The van der Waals surface area contributed by atoms with Crippen molar-refractivity contribution in [3.63, 3.8) is 0 Å². The first-order valence-corrected chi connectivity index (χ1v) is 8.20. The lowest BCUT2D eigenvalue weighted by molar-refractivity contribution is -0.137. The second kappa shape index (κ2) is 8.75. The van der Waals surface area contributed by atoms with E-state index >= 15 is 0 Å². The Kier molecular flexibility index (Phi) is 6.68. The van der Waals surface area contributed by atoms with E-state index in [1.165, 1.54) is 12.1 Å². The van der Waals surface area contributed by atoms with E-state index in [4.69, 9.17) is 21.7 Å². The van der Waals surface area contributed by atoms with Gasteiger partial charge >= 0.3 is 6.18 Å². The van der Waals surface area contributed by atoms with Gasteiger partial charge in [0.15, 0.2) is 5.11 Å². The van der Waals surface area contributed by atoms with Crippen molar-refractivity contribution in [1.82, 2.24) is 5.32 Å². The lowest BCUT2D eigenvalue weighted by atomic mass is 10.2. The maximum Gasteiger partial charge on any atom is 0.416 e. The van der Waals surface area contributed by atoms with E-state index in [0.29, 0.717) is 12.4 Å². The molecule has 0 aromatic heterocycles. The zero-order valence-electron chi connectivity index (χ0n) is 14.3. The van der Waals surface area contributed by atoms with Gasteiger partial charge < -0.3 is 20.1 Å². The van der Waals surface area contributed by atoms with E-state index < -0.39 is 11.7 Å². The van der Waals surface area contributed by atoms with Crippen LogP contribution in [0.25, 0.3) is 0 Å². The van der Waals surface area contributed by atoms with Crippen molar-refractivity contribution in [1.29, 1.82) is 0 Å². The first kappa shape index (κ1) is 19.8. The average molecular weight is 384 g/mol. The normalized spacial score (nSPS) is 12.2. The summed E-state index contributed by atoms with van der Waals surface area (Å²) in [5.41, 5.74) is -0.471. The fourth-order valence-electron chi connectivity index (χ4n) is 2.10. The quantitative estimate of drug-likeness (QED) is 0.720. The molecule has 4 nitrogen and oxygen atoms in total. The molecule has 1 atom stereocenters. The molecule has 2 rings (SSSR count). The lowest BCUT2D eigenvalue weighted by Gasteiger charge is -2.18. The van der Waals surface area contributed by atoms with Gasteiger partial charge in [-0.25, -0.2) is 0 Å². The number of halogens is 3. The largest absolute Gasteiger partial charge is 0.497 e. The van der Waals surface area contributed by atoms with Gasteiger partial charge in [-0.05, 0) is 61.6 Å². The van der Waals surface area contributed by atoms with Crippen LogP contribution in [0, 0.1) is 0 Å². The van der Waals surface area contributed by atoms with Crippen LogP contribution < -0.4 is 20.1 Å². The first-order valence-electron chi connectivity index (χ1n) is 7.79. The first-order chi connectivity index (χ1) is 12.3. The van der Waals surface area contributed by atoms with Crippen LogP contribution >= 0.6 is 12.2 Å². The minimum absolute atomic E-state index is 0.150. The summed E-state index contributed by atoms with van der Waals surface area (Å²) in [5.74, 6) is 1.41. The number of benzene rings is 2. The molecular weight excluding hydrogens is 365 g/mol. The van der Waals surface area contributed by atoms with Crippen molar-refractivity contribution >= 4 is 23.0 Å². The molecule has 26 heavy (non-hydrogen) atoms. The van der Waals surface area contributed by atoms with Crippen molar-refractivity contribution < 1.29 is 22.6 Å². The van der Waals surface area contributed by atoms with Gasteiger partial charge in [0, 0.05) is 5.69 Å². The van der Waals surface area contributed by atoms with Gasteiger partial charge in [0.05, 0.1) is 18.7 Å². The van der Waals surface area contributed by atoms with Crippen molar-refractivity contribution in [2.45, 2.75) is 19.1 Å². The maximum atomic E-state index is 12.7. The number of thiocarbonyl (C=S) groups is 1. The van der Waals surface area contributed by atoms with Crippen molar-refractivity contribution in [3.8, 4) is 11.5 Å². The summed E-state index contributed by atoms with van der Waals surface area (Å²) in [6.45, 7) is 2.18. The average Bonchev–Trinajstić information content (AvgIpc) is 2.60. The van der Waals surface area contributed by atoms with Crippen LogP contribution in [0.15, 0.2) is 48.5 Å². The van der Waals surface area contributed by atoms with Crippen molar-refractivity contribution in [2.24, 2.45) is 0 Å². The molecular formula is C18H19F3N2O2S. The summed E-state index contributed by atoms with van der Waals surface area (Å²) in [5, 5.41) is 5.93. The zero-order chi connectivity index (χ0) is 19.2. The molecule has 0 aliphatic rings. The molecule has 0 spiro atoms. The highest BCUT2D eigenvalue weighted by molar-refractivity contribution is 7.80. The number of ether oxygens (including phenoxy) is 2. The van der Waals surface area contributed by atoms with E-state index in [1.54, 1.807) is 31.4 Å². The molecule has 0 heterocycles. The summed E-state index contributed by atoms with van der Waals surface area (Å²) < 4.78 is 48.9. The molecule has 8 heteroatoms. The Morgan fingerprint density at radius 2 is 1.77 bits per heavy atom. The Morgan fingerprint density at radius 1 is 1.12 bits per heavy atom. The van der Waals surface area contributed by atoms with Gasteiger partial charge in [0.1, 0.15) is 18.1 Å². The number of hydrogen-bond acceptors (Lipinski definition) is 3. The van der Waals surface area contributed by atoms with Gasteiger partial charge in [-0.3, -0.25) is 0 Å². The second-order valence-corrected chi connectivity index (χ2v) is 5.97. The summed E-state index contributed by atoms with van der Waals surface area (Å²) in [6, 6.07) is 11.8. The molecule has 0 unspecified atom stereocenters. The number of alkyl halides is 3. The van der Waals surface area contributed by atoms with E-state index in [0.717, 1.165) is 17.9 Å². The third kappa shape index (κ3) is 6.11. The van der Waals surface area contributed by atoms with Gasteiger partial charge in [0.2, 0.25) is 0 Å². The summed E-state index contributed by atoms with van der Waals surface area (Å²) in [4.78, 5) is 0. The predicted octanol–water partition coefficient (Wildman–Crippen LogP) is 4.47. The van der Waals surface area contributed by atoms with Crippen LogP contribution in [-0.2, 0) is 6.18 Å². The number of anilines is 1. The van der Waals surface area contributed by atoms with Gasteiger partial charge in [-0.2, -0.15) is 13.2 Å². The Balaban J connectivity index is 1.83. The molecule has 2 N–H and O–H groups in total. The number of nitrogens with one attached hydrogen (secondary N) is 2. The van der Waals surface area contributed by atoms with E-state index in [-0.39, 0.29) is 16.8 Å². The van der Waals surface area contributed by atoms with Gasteiger partial charge in [-0.1, -0.05) is 6.07 Å². The molecule has 0 aliphatic heterocycles. The molecule has 0 fully saturated rings. The number of methoxy groups -OCH3 is 1. The fraction of sp³-hybridized carbons (Fsp3) is 0.278. The van der Waals surface area contributed by atoms with Crippen molar-refractivity contribution in [2.75, 3.05) is 19.0 Å². The van der Waals surface area contributed by atoms with Crippen LogP contribution in [0.3, 0.4) is 0 Å². The minimum atomic E-state index is -4.40. The van der Waals surface area contributed by atoms with Crippen LogP contribution in [0.4, 0.5) is 18.9 Å². The monoisotopic (exact) mass is 384 g/mol. The third-order valence-electron chi connectivity index (χ3n) is 3.38. The molecule has 0 saturated carbocycles. The highest BCUT2D eigenvalue weighted by Crippen LogP contribution is 2.30.